The van der Waals surface area contributed by atoms with Crippen molar-refractivity contribution in [2.45, 2.75) is 26.8 Å². The van der Waals surface area contributed by atoms with Gasteiger partial charge in [0.15, 0.2) is 0 Å². The van der Waals surface area contributed by atoms with Crippen LogP contribution >= 0.6 is 11.3 Å². The van der Waals surface area contributed by atoms with Gasteiger partial charge in [-0.05, 0) is 25.1 Å². The number of hydrogen-bond donors (Lipinski definition) is 0. The molecule has 0 aromatic carbocycles. The summed E-state index contributed by atoms with van der Waals surface area (Å²) in [6.45, 7) is 8.16. The Morgan fingerprint density at radius 1 is 1.21 bits per heavy atom. The Balaban J connectivity index is 1.89. The smallest absolute Gasteiger partial charge is 0.257 e. The van der Waals surface area contributed by atoms with Gasteiger partial charge in [0.05, 0.1) is 31.8 Å². The Labute approximate surface area is 176 Å². The molecule has 2 aliphatic heterocycles. The molecule has 0 unspecified atom stereocenters. The number of methoxy groups -OCH3 is 1. The Bertz CT molecular complexity index is 790. The summed E-state index contributed by atoms with van der Waals surface area (Å²) in [5.41, 5.74) is 1.62. The number of likely N-dealkylation sites (N-methyl/N-ethyl adjacent to an activating group) is 2. The number of ether oxygens (including phenoxy) is 1. The fraction of sp³-hybridized carbons (Fsp3) is 0.650. The van der Waals surface area contributed by atoms with Gasteiger partial charge in [0.25, 0.3) is 5.91 Å². The third kappa shape index (κ3) is 4.31. The minimum atomic E-state index is -0.117. The van der Waals surface area contributed by atoms with E-state index in [1.165, 1.54) is 16.2 Å². The number of nitrogens with zero attached hydrogens (tertiary/aromatic N) is 4. The maximum Gasteiger partial charge on any atom is 0.257 e. The minimum absolute atomic E-state index is 0.0627. The summed E-state index contributed by atoms with van der Waals surface area (Å²) < 4.78 is 5.17. The first kappa shape index (κ1) is 21.7. The molecular weight excluding hydrogens is 392 g/mol. The predicted octanol–water partition coefficient (Wildman–Crippen LogP) is 1.04. The average Bonchev–Trinajstić information content (AvgIpc) is 3.05. The van der Waals surface area contributed by atoms with Crippen LogP contribution in [0.15, 0.2) is 0 Å². The average molecular weight is 423 g/mol. The van der Waals surface area contributed by atoms with Crippen LogP contribution in [0.4, 0.5) is 5.00 Å². The minimum Gasteiger partial charge on any atom is -0.383 e. The molecule has 3 amide bonds. The summed E-state index contributed by atoms with van der Waals surface area (Å²) in [5.74, 6) is -0.114. The first-order chi connectivity index (χ1) is 13.9. The van der Waals surface area contributed by atoms with Gasteiger partial charge in [-0.2, -0.15) is 0 Å². The lowest BCUT2D eigenvalue weighted by molar-refractivity contribution is -0.133. The second kappa shape index (κ2) is 9.23. The molecule has 0 spiro atoms. The van der Waals surface area contributed by atoms with Gasteiger partial charge in [-0.25, -0.2) is 0 Å². The largest absolute Gasteiger partial charge is 0.383 e. The Morgan fingerprint density at radius 2 is 1.93 bits per heavy atom. The second-order valence-electron chi connectivity index (χ2n) is 7.41. The highest BCUT2D eigenvalue weighted by molar-refractivity contribution is 7.17. The van der Waals surface area contributed by atoms with E-state index in [1.807, 2.05) is 4.90 Å². The third-order valence-corrected chi connectivity index (χ3v) is 6.88. The topological polar surface area (TPSA) is 73.4 Å². The Morgan fingerprint density at radius 3 is 2.59 bits per heavy atom. The van der Waals surface area contributed by atoms with Gasteiger partial charge >= 0.3 is 0 Å². The van der Waals surface area contributed by atoms with Crippen LogP contribution in [0.5, 0.6) is 0 Å². The van der Waals surface area contributed by atoms with Crippen molar-refractivity contribution in [1.29, 1.82) is 0 Å². The van der Waals surface area contributed by atoms with Crippen LogP contribution in [0.3, 0.4) is 0 Å². The van der Waals surface area contributed by atoms with Crippen LogP contribution in [-0.2, 0) is 27.3 Å². The van der Waals surface area contributed by atoms with E-state index in [0.29, 0.717) is 49.8 Å². The van der Waals surface area contributed by atoms with Crippen LogP contribution in [-0.4, -0.2) is 92.5 Å². The molecule has 0 bridgehead atoms. The molecule has 0 aliphatic carbocycles. The number of thiophene rings is 1. The molecule has 0 atom stereocenters. The van der Waals surface area contributed by atoms with E-state index in [0.717, 1.165) is 23.5 Å². The van der Waals surface area contributed by atoms with Gasteiger partial charge in [0.1, 0.15) is 11.5 Å². The molecular formula is C20H30N4O4S. The molecule has 160 valence electrons. The molecule has 1 aromatic rings. The maximum absolute atomic E-state index is 13.0. The molecule has 3 heterocycles. The standard InChI is InChI=1S/C20H30N4O4S/c1-5-22(6-2)13-16(25)23-8-7-14-15(11-23)29-20-18(14)19(27)21(3)12-17(26)24(20)9-10-28-4/h5-13H2,1-4H3. The first-order valence-corrected chi connectivity index (χ1v) is 10.9. The predicted molar refractivity (Wildman–Crippen MR) is 112 cm³/mol. The van der Waals surface area contributed by atoms with E-state index in [9.17, 15) is 14.4 Å². The third-order valence-electron chi connectivity index (χ3n) is 5.64. The van der Waals surface area contributed by atoms with Crippen molar-refractivity contribution >= 4 is 34.1 Å². The van der Waals surface area contributed by atoms with Crippen LogP contribution in [0.2, 0.25) is 0 Å². The summed E-state index contributed by atoms with van der Waals surface area (Å²) in [4.78, 5) is 46.6. The van der Waals surface area contributed by atoms with Gasteiger partial charge in [-0.3, -0.25) is 24.2 Å². The van der Waals surface area contributed by atoms with Crippen LogP contribution in [0.25, 0.3) is 0 Å². The van der Waals surface area contributed by atoms with E-state index in [4.69, 9.17) is 4.74 Å². The number of amides is 3. The molecule has 0 radical (unpaired) electrons. The molecule has 0 saturated heterocycles. The van der Waals surface area contributed by atoms with Crippen LogP contribution < -0.4 is 4.90 Å². The van der Waals surface area contributed by atoms with Gasteiger partial charge in [0.2, 0.25) is 11.8 Å². The molecule has 9 heteroatoms. The monoisotopic (exact) mass is 422 g/mol. The van der Waals surface area contributed by atoms with Crippen molar-refractivity contribution in [3.8, 4) is 0 Å². The van der Waals surface area contributed by atoms with Gasteiger partial charge in [-0.15, -0.1) is 11.3 Å². The highest BCUT2D eigenvalue weighted by atomic mass is 32.1. The lowest BCUT2D eigenvalue weighted by Gasteiger charge is -2.29. The number of carbonyl (C=O) groups excluding carboxylic acids is 3. The van der Waals surface area contributed by atoms with Crippen molar-refractivity contribution < 1.29 is 19.1 Å². The van der Waals surface area contributed by atoms with Crippen molar-refractivity contribution in [3.63, 3.8) is 0 Å². The fourth-order valence-corrected chi connectivity index (χ4v) is 5.22. The van der Waals surface area contributed by atoms with E-state index in [-0.39, 0.29) is 24.3 Å². The van der Waals surface area contributed by atoms with E-state index in [2.05, 4.69) is 18.7 Å². The van der Waals surface area contributed by atoms with Crippen LogP contribution in [0, 0.1) is 0 Å². The molecule has 29 heavy (non-hydrogen) atoms. The lowest BCUT2D eigenvalue weighted by atomic mass is 10.0. The van der Waals surface area contributed by atoms with E-state index < -0.39 is 0 Å². The summed E-state index contributed by atoms with van der Waals surface area (Å²) in [5, 5.41) is 0.699. The number of anilines is 1. The van der Waals surface area contributed by atoms with Gasteiger partial charge in [-0.1, -0.05) is 13.8 Å². The Hall–Kier alpha value is -1.97. The molecule has 8 nitrogen and oxygen atoms in total. The molecule has 0 N–H and O–H groups in total. The van der Waals surface area contributed by atoms with Gasteiger partial charge < -0.3 is 14.5 Å². The summed E-state index contributed by atoms with van der Waals surface area (Å²) in [6.07, 6.45) is 0.636. The zero-order valence-corrected chi connectivity index (χ0v) is 18.5. The normalized spacial score (nSPS) is 16.9. The van der Waals surface area contributed by atoms with Crippen molar-refractivity contribution in [1.82, 2.24) is 14.7 Å². The fourth-order valence-electron chi connectivity index (χ4n) is 3.82. The highest BCUT2D eigenvalue weighted by Crippen LogP contribution is 2.41. The van der Waals surface area contributed by atoms with Crippen molar-refractivity contribution in [2.24, 2.45) is 0 Å². The summed E-state index contributed by atoms with van der Waals surface area (Å²) in [6, 6.07) is 0. The summed E-state index contributed by atoms with van der Waals surface area (Å²) in [7, 11) is 3.26. The van der Waals surface area contributed by atoms with Crippen molar-refractivity contribution in [2.75, 3.05) is 64.9 Å². The number of fused-ring (bicyclic) bond motifs is 3. The van der Waals surface area contributed by atoms with E-state index in [1.54, 1.807) is 19.1 Å². The van der Waals surface area contributed by atoms with Crippen molar-refractivity contribution in [3.05, 3.63) is 16.0 Å². The SMILES string of the molecule is CCN(CC)CC(=O)N1CCc2c(sc3c2C(=O)N(C)CC(=O)N3CCOC)C1. The molecule has 0 saturated carbocycles. The number of hydrogen-bond acceptors (Lipinski definition) is 6. The first-order valence-electron chi connectivity index (χ1n) is 10.1. The van der Waals surface area contributed by atoms with Crippen LogP contribution in [0.1, 0.15) is 34.6 Å². The number of carbonyl (C=O) groups is 3. The van der Waals surface area contributed by atoms with Gasteiger partial charge in [0, 0.05) is 25.6 Å². The zero-order valence-electron chi connectivity index (χ0n) is 17.7. The van der Waals surface area contributed by atoms with E-state index >= 15 is 0 Å². The molecule has 3 rings (SSSR count). The quantitative estimate of drug-likeness (QED) is 0.657. The lowest BCUT2D eigenvalue weighted by Crippen LogP contribution is -2.42. The zero-order chi connectivity index (χ0) is 21.1. The molecule has 1 aromatic heterocycles. The molecule has 2 aliphatic rings. The number of rotatable bonds is 7. The Kier molecular flexibility index (Phi) is 6.92. The second-order valence-corrected chi connectivity index (χ2v) is 8.49. The highest BCUT2D eigenvalue weighted by Gasteiger charge is 2.37. The maximum atomic E-state index is 13.0. The summed E-state index contributed by atoms with van der Waals surface area (Å²) >= 11 is 1.47. The molecule has 0 fully saturated rings.